The number of amides is 1. The molecule has 1 N–H and O–H groups in total. The highest BCUT2D eigenvalue weighted by atomic mass is 16.6. The Morgan fingerprint density at radius 1 is 1.27 bits per heavy atom. The average Bonchev–Trinajstić information content (AvgIpc) is 3.05. The van der Waals surface area contributed by atoms with Gasteiger partial charge in [0.25, 0.3) is 0 Å². The van der Waals surface area contributed by atoms with Crippen LogP contribution in [0, 0.1) is 0 Å². The van der Waals surface area contributed by atoms with E-state index in [1.807, 2.05) is 44.2 Å². The molecule has 1 atom stereocenters. The van der Waals surface area contributed by atoms with Crippen molar-refractivity contribution in [3.63, 3.8) is 0 Å². The van der Waals surface area contributed by atoms with Crippen molar-refractivity contribution in [1.29, 1.82) is 0 Å². The number of fused-ring (bicyclic) bond motifs is 1. The van der Waals surface area contributed by atoms with Crippen LogP contribution >= 0.6 is 0 Å². The predicted molar refractivity (Wildman–Crippen MR) is 94.9 cm³/mol. The molecule has 7 nitrogen and oxygen atoms in total. The normalized spacial score (nSPS) is 14.6. The summed E-state index contributed by atoms with van der Waals surface area (Å²) >= 11 is 0. The fraction of sp³-hybridized carbons (Fsp3) is 0.421. The standard InChI is InChI=1S/C19H23N3O4/c1-3-13(2)16-17(18(23)24)22-10-9-21(11-15(22)20-16)19(25)26-12-14-7-5-4-6-8-14/h4-8,13H,3,9-12H2,1-2H3,(H,23,24)/t13-/m1/s1. The minimum absolute atomic E-state index is 0.0534. The van der Waals surface area contributed by atoms with E-state index in [-0.39, 0.29) is 24.8 Å². The van der Waals surface area contributed by atoms with Gasteiger partial charge >= 0.3 is 12.1 Å². The van der Waals surface area contributed by atoms with Crippen LogP contribution in [0.5, 0.6) is 0 Å². The summed E-state index contributed by atoms with van der Waals surface area (Å²) in [5.74, 6) is -0.322. The van der Waals surface area contributed by atoms with Crippen LogP contribution in [0.3, 0.4) is 0 Å². The molecule has 1 amide bonds. The van der Waals surface area contributed by atoms with Crippen molar-refractivity contribution in [2.75, 3.05) is 6.54 Å². The number of carboxylic acid groups (broad SMARTS) is 1. The third kappa shape index (κ3) is 3.56. The van der Waals surface area contributed by atoms with Gasteiger partial charge < -0.3 is 14.4 Å². The van der Waals surface area contributed by atoms with E-state index in [2.05, 4.69) is 4.98 Å². The van der Waals surface area contributed by atoms with E-state index < -0.39 is 12.1 Å². The van der Waals surface area contributed by atoms with Gasteiger partial charge in [0.1, 0.15) is 12.4 Å². The van der Waals surface area contributed by atoms with Gasteiger partial charge in [-0.2, -0.15) is 0 Å². The Balaban J connectivity index is 1.73. The number of carbonyl (C=O) groups excluding carboxylic acids is 1. The van der Waals surface area contributed by atoms with Crippen LogP contribution in [0.4, 0.5) is 4.79 Å². The Morgan fingerprint density at radius 2 is 2.00 bits per heavy atom. The highest BCUT2D eigenvalue weighted by molar-refractivity contribution is 5.87. The Labute approximate surface area is 152 Å². The molecule has 0 fully saturated rings. The van der Waals surface area contributed by atoms with Crippen molar-refractivity contribution < 1.29 is 19.4 Å². The monoisotopic (exact) mass is 357 g/mol. The molecule has 0 radical (unpaired) electrons. The van der Waals surface area contributed by atoms with Gasteiger partial charge in [-0.3, -0.25) is 4.90 Å². The Kier molecular flexibility index (Phi) is 5.25. The lowest BCUT2D eigenvalue weighted by molar-refractivity contribution is 0.0675. The highest BCUT2D eigenvalue weighted by Crippen LogP contribution is 2.26. The maximum atomic E-state index is 12.3. The molecule has 26 heavy (non-hydrogen) atoms. The lowest BCUT2D eigenvalue weighted by Gasteiger charge is -2.27. The number of ether oxygens (including phenoxy) is 1. The van der Waals surface area contributed by atoms with Gasteiger partial charge in [0, 0.05) is 19.0 Å². The van der Waals surface area contributed by atoms with Gasteiger partial charge in [0.15, 0.2) is 5.69 Å². The molecule has 0 saturated heterocycles. The Bertz CT molecular complexity index is 801. The van der Waals surface area contributed by atoms with Crippen LogP contribution in [0.1, 0.15) is 53.8 Å². The number of nitrogens with zero attached hydrogens (tertiary/aromatic N) is 3. The smallest absolute Gasteiger partial charge is 0.410 e. The first-order valence-corrected chi connectivity index (χ1v) is 8.79. The van der Waals surface area contributed by atoms with E-state index in [0.717, 1.165) is 12.0 Å². The summed E-state index contributed by atoms with van der Waals surface area (Å²) < 4.78 is 7.08. The van der Waals surface area contributed by atoms with Crippen molar-refractivity contribution >= 4 is 12.1 Å². The predicted octanol–water partition coefficient (Wildman–Crippen LogP) is 3.25. The third-order valence-electron chi connectivity index (χ3n) is 4.74. The highest BCUT2D eigenvalue weighted by Gasteiger charge is 2.30. The van der Waals surface area contributed by atoms with Crippen LogP contribution < -0.4 is 0 Å². The van der Waals surface area contributed by atoms with Crippen molar-refractivity contribution in [2.24, 2.45) is 0 Å². The molecule has 1 aromatic carbocycles. The molecule has 0 unspecified atom stereocenters. The van der Waals surface area contributed by atoms with Gasteiger partial charge in [-0.1, -0.05) is 44.2 Å². The summed E-state index contributed by atoms with van der Waals surface area (Å²) in [6.45, 7) is 5.24. The summed E-state index contributed by atoms with van der Waals surface area (Å²) in [6.07, 6.45) is 0.393. The quantitative estimate of drug-likeness (QED) is 0.888. The van der Waals surface area contributed by atoms with Crippen LogP contribution in [0.25, 0.3) is 0 Å². The molecule has 0 bridgehead atoms. The molecule has 138 valence electrons. The second kappa shape index (κ2) is 7.59. The Hall–Kier alpha value is -2.83. The second-order valence-corrected chi connectivity index (χ2v) is 6.49. The molecule has 0 spiro atoms. The molecule has 1 aliphatic rings. The molecule has 7 heteroatoms. The first-order chi connectivity index (χ1) is 12.5. The van der Waals surface area contributed by atoms with E-state index >= 15 is 0 Å². The van der Waals surface area contributed by atoms with E-state index in [1.165, 1.54) is 0 Å². The summed E-state index contributed by atoms with van der Waals surface area (Å²) in [4.78, 5) is 30.1. The molecule has 1 aliphatic heterocycles. The molecule has 3 rings (SSSR count). The number of benzene rings is 1. The largest absolute Gasteiger partial charge is 0.477 e. The summed E-state index contributed by atoms with van der Waals surface area (Å²) in [6, 6.07) is 9.49. The Morgan fingerprint density at radius 3 is 2.65 bits per heavy atom. The third-order valence-corrected chi connectivity index (χ3v) is 4.74. The van der Waals surface area contributed by atoms with Crippen LogP contribution in [0.2, 0.25) is 0 Å². The van der Waals surface area contributed by atoms with E-state index in [4.69, 9.17) is 4.74 Å². The van der Waals surface area contributed by atoms with Gasteiger partial charge in [0.05, 0.1) is 12.2 Å². The van der Waals surface area contributed by atoms with E-state index in [0.29, 0.717) is 24.6 Å². The molecule has 1 aromatic heterocycles. The SMILES string of the molecule is CC[C@@H](C)c1nc2n(c1C(=O)O)CCN(C(=O)OCc1ccccc1)C2. The van der Waals surface area contributed by atoms with Crippen molar-refractivity contribution in [3.05, 3.63) is 53.1 Å². The van der Waals surface area contributed by atoms with E-state index in [1.54, 1.807) is 9.47 Å². The lowest BCUT2D eigenvalue weighted by atomic mass is 10.0. The van der Waals surface area contributed by atoms with Gasteiger partial charge in [0.2, 0.25) is 0 Å². The molecule has 0 aliphatic carbocycles. The van der Waals surface area contributed by atoms with Crippen LogP contribution in [0.15, 0.2) is 30.3 Å². The maximum absolute atomic E-state index is 12.3. The number of aromatic nitrogens is 2. The van der Waals surface area contributed by atoms with Crippen molar-refractivity contribution in [3.8, 4) is 0 Å². The van der Waals surface area contributed by atoms with Crippen LogP contribution in [-0.2, 0) is 24.4 Å². The van der Waals surface area contributed by atoms with Gasteiger partial charge in [-0.15, -0.1) is 0 Å². The minimum atomic E-state index is -0.973. The van der Waals surface area contributed by atoms with Gasteiger partial charge in [-0.25, -0.2) is 14.6 Å². The molecule has 0 saturated carbocycles. The minimum Gasteiger partial charge on any atom is -0.477 e. The second-order valence-electron chi connectivity index (χ2n) is 6.49. The molecular formula is C19H23N3O4. The average molecular weight is 357 g/mol. The number of aromatic carboxylic acids is 1. The molecule has 2 heterocycles. The number of rotatable bonds is 5. The van der Waals surface area contributed by atoms with Crippen molar-refractivity contribution in [1.82, 2.24) is 14.5 Å². The summed E-state index contributed by atoms with van der Waals surface area (Å²) in [7, 11) is 0. The zero-order chi connectivity index (χ0) is 18.7. The molecule has 2 aromatic rings. The van der Waals surface area contributed by atoms with Crippen molar-refractivity contribution in [2.45, 2.75) is 45.9 Å². The van der Waals surface area contributed by atoms with E-state index in [9.17, 15) is 14.7 Å². The number of carboxylic acids is 1. The summed E-state index contributed by atoms with van der Waals surface area (Å²) in [5.41, 5.74) is 1.76. The zero-order valence-electron chi connectivity index (χ0n) is 15.0. The number of hydrogen-bond acceptors (Lipinski definition) is 4. The number of carbonyl (C=O) groups is 2. The van der Waals surface area contributed by atoms with Gasteiger partial charge in [-0.05, 0) is 12.0 Å². The lowest BCUT2D eigenvalue weighted by Crippen LogP contribution is -2.39. The van der Waals surface area contributed by atoms with Crippen LogP contribution in [-0.4, -0.2) is 38.2 Å². The number of imidazole rings is 1. The molecular weight excluding hydrogens is 334 g/mol. The topological polar surface area (TPSA) is 84.7 Å². The first-order valence-electron chi connectivity index (χ1n) is 8.79. The summed E-state index contributed by atoms with van der Waals surface area (Å²) in [5, 5.41) is 9.57. The fourth-order valence-electron chi connectivity index (χ4n) is 3.08. The number of hydrogen-bond donors (Lipinski definition) is 1. The fourth-order valence-corrected chi connectivity index (χ4v) is 3.08. The first kappa shape index (κ1) is 18.0. The zero-order valence-corrected chi connectivity index (χ0v) is 15.0. The maximum Gasteiger partial charge on any atom is 0.410 e.